The van der Waals surface area contributed by atoms with Crippen LogP contribution in [0.25, 0.3) is 0 Å². The van der Waals surface area contributed by atoms with E-state index in [1.807, 2.05) is 0 Å². The van der Waals surface area contributed by atoms with Crippen LogP contribution in [-0.4, -0.2) is 16.6 Å². The molecule has 0 aliphatic rings. The predicted molar refractivity (Wildman–Crippen MR) is 49.1 cm³/mol. The first-order valence-electron chi connectivity index (χ1n) is 4.16. The van der Waals surface area contributed by atoms with E-state index in [4.69, 9.17) is 4.43 Å². The van der Waals surface area contributed by atoms with Gasteiger partial charge in [-0.2, -0.15) is 0 Å². The zero-order valence-electron chi connectivity index (χ0n) is 7.85. The second kappa shape index (κ2) is 4.91. The van der Waals surface area contributed by atoms with Crippen LogP contribution in [0.15, 0.2) is 0 Å². The molecular weight excluding hydrogens is 140 g/mol. The van der Waals surface area contributed by atoms with Crippen molar-refractivity contribution in [2.24, 2.45) is 11.8 Å². The van der Waals surface area contributed by atoms with Crippen LogP contribution in [0.2, 0.25) is 0 Å². The third-order valence-electron chi connectivity index (χ3n) is 2.65. The molecule has 0 spiro atoms. The highest BCUT2D eigenvalue weighted by Crippen LogP contribution is 2.19. The van der Waals surface area contributed by atoms with E-state index in [0.29, 0.717) is 12.0 Å². The van der Waals surface area contributed by atoms with Crippen LogP contribution in [0.3, 0.4) is 0 Å². The summed E-state index contributed by atoms with van der Waals surface area (Å²) in [4.78, 5) is 0. The Morgan fingerprint density at radius 3 is 2.10 bits per heavy atom. The average molecular weight is 160 g/mol. The molecule has 0 aliphatic carbocycles. The molecule has 0 amide bonds. The van der Waals surface area contributed by atoms with Crippen molar-refractivity contribution >= 4 is 10.5 Å². The van der Waals surface area contributed by atoms with Gasteiger partial charge in [0.15, 0.2) is 0 Å². The van der Waals surface area contributed by atoms with Gasteiger partial charge in [-0.05, 0) is 18.8 Å². The molecular formula is C8H20OSi. The van der Waals surface area contributed by atoms with Crippen molar-refractivity contribution in [1.29, 1.82) is 0 Å². The second-order valence-corrected chi connectivity index (χ2v) is 3.66. The van der Waals surface area contributed by atoms with Gasteiger partial charge in [0.1, 0.15) is 10.5 Å². The van der Waals surface area contributed by atoms with Crippen LogP contribution in [-0.2, 0) is 4.43 Å². The minimum absolute atomic E-state index is 0.460. The fraction of sp³-hybridized carbons (Fsp3) is 1.00. The normalized spacial score (nSPS) is 20.4. The monoisotopic (exact) mass is 160 g/mol. The maximum Gasteiger partial charge on any atom is 0.146 e. The zero-order valence-corrected chi connectivity index (χ0v) is 9.85. The van der Waals surface area contributed by atoms with Gasteiger partial charge in [-0.1, -0.05) is 27.2 Å². The molecule has 0 aromatic heterocycles. The lowest BCUT2D eigenvalue weighted by molar-refractivity contribution is 0.137. The van der Waals surface area contributed by atoms with E-state index < -0.39 is 0 Å². The highest BCUT2D eigenvalue weighted by Gasteiger charge is 2.15. The van der Waals surface area contributed by atoms with Gasteiger partial charge in [0.25, 0.3) is 0 Å². The van der Waals surface area contributed by atoms with Crippen LogP contribution in [0.1, 0.15) is 34.1 Å². The molecule has 0 bridgehead atoms. The van der Waals surface area contributed by atoms with Crippen LogP contribution in [0.5, 0.6) is 0 Å². The SMILES string of the molecule is CCC(C)C(C)C(C)O[SiH3]. The topological polar surface area (TPSA) is 9.23 Å². The second-order valence-electron chi connectivity index (χ2n) is 3.19. The van der Waals surface area contributed by atoms with E-state index in [1.165, 1.54) is 6.42 Å². The molecule has 3 unspecified atom stereocenters. The van der Waals surface area contributed by atoms with Gasteiger partial charge in [-0.15, -0.1) is 0 Å². The fourth-order valence-corrected chi connectivity index (χ4v) is 1.48. The summed E-state index contributed by atoms with van der Waals surface area (Å²) in [5, 5.41) is 0. The average Bonchev–Trinajstić information content (AvgIpc) is 2.00. The first-order valence-corrected chi connectivity index (χ1v) is 4.97. The Bertz CT molecular complexity index is 75.3. The van der Waals surface area contributed by atoms with Gasteiger partial charge in [0.05, 0.1) is 0 Å². The summed E-state index contributed by atoms with van der Waals surface area (Å²) in [5.74, 6) is 1.51. The number of hydrogen-bond donors (Lipinski definition) is 0. The van der Waals surface area contributed by atoms with Gasteiger partial charge in [0.2, 0.25) is 0 Å². The molecule has 0 saturated heterocycles. The fourth-order valence-electron chi connectivity index (χ4n) is 1.05. The first-order chi connectivity index (χ1) is 4.63. The molecule has 0 rings (SSSR count). The standard InChI is InChI=1S/C8H20OSi/c1-5-6(2)7(3)8(4)9-10/h6-8H,5H2,1-4,10H3. The van der Waals surface area contributed by atoms with Crippen molar-refractivity contribution in [3.05, 3.63) is 0 Å². The Morgan fingerprint density at radius 1 is 1.30 bits per heavy atom. The highest BCUT2D eigenvalue weighted by molar-refractivity contribution is 5.98. The Balaban J connectivity index is 3.69. The molecule has 0 radical (unpaired) electrons. The van der Waals surface area contributed by atoms with Crippen molar-refractivity contribution in [2.45, 2.75) is 40.2 Å². The van der Waals surface area contributed by atoms with Crippen molar-refractivity contribution in [3.8, 4) is 0 Å². The molecule has 2 heteroatoms. The van der Waals surface area contributed by atoms with Crippen molar-refractivity contribution < 1.29 is 4.43 Å². The van der Waals surface area contributed by atoms with Crippen molar-refractivity contribution in [1.82, 2.24) is 0 Å². The molecule has 3 atom stereocenters. The minimum atomic E-state index is 0.460. The zero-order chi connectivity index (χ0) is 8.15. The minimum Gasteiger partial charge on any atom is -0.425 e. The summed E-state index contributed by atoms with van der Waals surface area (Å²) in [6.07, 6.45) is 1.72. The molecule has 62 valence electrons. The molecule has 10 heavy (non-hydrogen) atoms. The Morgan fingerprint density at radius 2 is 1.80 bits per heavy atom. The lowest BCUT2D eigenvalue weighted by Gasteiger charge is -2.24. The van der Waals surface area contributed by atoms with Gasteiger partial charge in [-0.25, -0.2) is 0 Å². The third-order valence-corrected chi connectivity index (χ3v) is 3.40. The first kappa shape index (κ1) is 10.2. The summed E-state index contributed by atoms with van der Waals surface area (Å²) in [5.41, 5.74) is 0. The van der Waals surface area contributed by atoms with E-state index >= 15 is 0 Å². The summed E-state index contributed by atoms with van der Waals surface area (Å²) >= 11 is 0. The Labute approximate surface area is 67.7 Å². The molecule has 0 heterocycles. The smallest absolute Gasteiger partial charge is 0.146 e. The largest absolute Gasteiger partial charge is 0.425 e. The maximum absolute atomic E-state index is 5.37. The maximum atomic E-state index is 5.37. The van der Waals surface area contributed by atoms with E-state index in [0.717, 1.165) is 16.4 Å². The van der Waals surface area contributed by atoms with Crippen LogP contribution in [0.4, 0.5) is 0 Å². The molecule has 0 fully saturated rings. The third kappa shape index (κ3) is 2.84. The van der Waals surface area contributed by atoms with E-state index in [-0.39, 0.29) is 0 Å². The van der Waals surface area contributed by atoms with Gasteiger partial charge in [-0.3, -0.25) is 0 Å². The van der Waals surface area contributed by atoms with E-state index in [2.05, 4.69) is 27.7 Å². The van der Waals surface area contributed by atoms with Crippen molar-refractivity contribution in [2.75, 3.05) is 0 Å². The van der Waals surface area contributed by atoms with E-state index in [9.17, 15) is 0 Å². The van der Waals surface area contributed by atoms with Crippen LogP contribution in [0, 0.1) is 11.8 Å². The van der Waals surface area contributed by atoms with Crippen LogP contribution < -0.4 is 0 Å². The molecule has 0 aromatic carbocycles. The molecule has 0 saturated carbocycles. The molecule has 0 N–H and O–H groups in total. The molecule has 1 nitrogen and oxygen atoms in total. The number of rotatable bonds is 4. The van der Waals surface area contributed by atoms with Crippen LogP contribution >= 0.6 is 0 Å². The van der Waals surface area contributed by atoms with Gasteiger partial charge >= 0.3 is 0 Å². The van der Waals surface area contributed by atoms with Gasteiger partial charge in [0, 0.05) is 6.10 Å². The quantitative estimate of drug-likeness (QED) is 0.564. The highest BCUT2D eigenvalue weighted by atomic mass is 28.2. The van der Waals surface area contributed by atoms with Crippen molar-refractivity contribution in [3.63, 3.8) is 0 Å². The Hall–Kier alpha value is 0.177. The summed E-state index contributed by atoms with van der Waals surface area (Å²) in [7, 11) is 0.869. The van der Waals surface area contributed by atoms with E-state index in [1.54, 1.807) is 0 Å². The molecule has 0 aromatic rings. The lowest BCUT2D eigenvalue weighted by atomic mass is 9.90. The Kier molecular flexibility index (Phi) is 5.00. The summed E-state index contributed by atoms with van der Waals surface area (Å²) in [6.45, 7) is 8.98. The predicted octanol–water partition coefficient (Wildman–Crippen LogP) is 1.35. The lowest BCUT2D eigenvalue weighted by Crippen LogP contribution is -2.22. The summed E-state index contributed by atoms with van der Waals surface area (Å²) < 4.78 is 5.37. The summed E-state index contributed by atoms with van der Waals surface area (Å²) in [6, 6.07) is 0. The molecule has 0 aliphatic heterocycles. The number of hydrogen-bond acceptors (Lipinski definition) is 1. The van der Waals surface area contributed by atoms with Gasteiger partial charge < -0.3 is 4.43 Å².